The first-order valence-electron chi connectivity index (χ1n) is 10.2. The summed E-state index contributed by atoms with van der Waals surface area (Å²) >= 11 is 5.87. The van der Waals surface area contributed by atoms with Crippen molar-refractivity contribution >= 4 is 29.6 Å². The lowest BCUT2D eigenvalue weighted by Crippen LogP contribution is -2.38. The van der Waals surface area contributed by atoms with E-state index in [0.717, 1.165) is 42.6 Å². The summed E-state index contributed by atoms with van der Waals surface area (Å²) < 4.78 is 10.8. The van der Waals surface area contributed by atoms with Crippen LogP contribution >= 0.6 is 11.6 Å². The smallest absolute Gasteiger partial charge is 0.331 e. The molecule has 1 fully saturated rings. The Hall–Kier alpha value is -2.79. The fourth-order valence-corrected chi connectivity index (χ4v) is 3.41. The number of rotatable bonds is 8. The minimum absolute atomic E-state index is 0.209. The van der Waals surface area contributed by atoms with Crippen LogP contribution in [0.1, 0.15) is 43.2 Å². The molecule has 1 aliphatic carbocycles. The van der Waals surface area contributed by atoms with E-state index < -0.39 is 5.97 Å². The summed E-state index contributed by atoms with van der Waals surface area (Å²) in [6, 6.07) is 15.0. The molecule has 1 saturated carbocycles. The molecular weight excluding hydrogens is 402 g/mol. The molecule has 0 bridgehead atoms. The van der Waals surface area contributed by atoms with Gasteiger partial charge in [0, 0.05) is 17.1 Å². The van der Waals surface area contributed by atoms with Crippen molar-refractivity contribution in [3.63, 3.8) is 0 Å². The number of carbonyl (C=O) groups excluding carboxylic acids is 2. The third kappa shape index (κ3) is 7.56. The highest BCUT2D eigenvalue weighted by Gasteiger charge is 2.16. The summed E-state index contributed by atoms with van der Waals surface area (Å²) in [6.07, 6.45) is 8.46. The van der Waals surface area contributed by atoms with Crippen molar-refractivity contribution in [3.05, 3.63) is 70.8 Å². The monoisotopic (exact) mass is 427 g/mol. The van der Waals surface area contributed by atoms with Crippen LogP contribution in [0.5, 0.6) is 5.75 Å². The fourth-order valence-electron chi connectivity index (χ4n) is 3.29. The van der Waals surface area contributed by atoms with E-state index in [1.54, 1.807) is 6.08 Å². The van der Waals surface area contributed by atoms with Crippen molar-refractivity contribution in [1.29, 1.82) is 0 Å². The highest BCUT2D eigenvalue weighted by Crippen LogP contribution is 2.18. The maximum atomic E-state index is 11.9. The van der Waals surface area contributed by atoms with Gasteiger partial charge in [0.25, 0.3) is 5.91 Å². The highest BCUT2D eigenvalue weighted by atomic mass is 35.5. The molecule has 0 aliphatic heterocycles. The standard InChI is InChI=1S/C24H26ClNO4/c25-20-11-6-19(7-12-20)16-29-22-13-8-18(9-14-22)10-15-24(28)30-17-23(27)26-21-4-2-1-3-5-21/h6-15,21H,1-5,16-17H2,(H,26,27). The maximum Gasteiger partial charge on any atom is 0.331 e. The Labute approximate surface area is 182 Å². The Morgan fingerprint density at radius 1 is 1.00 bits per heavy atom. The van der Waals surface area contributed by atoms with Crippen LogP contribution < -0.4 is 10.1 Å². The maximum absolute atomic E-state index is 11.9. The van der Waals surface area contributed by atoms with Crippen LogP contribution in [0.15, 0.2) is 54.6 Å². The molecule has 0 atom stereocenters. The molecule has 0 aromatic heterocycles. The second-order valence-electron chi connectivity index (χ2n) is 7.33. The van der Waals surface area contributed by atoms with Crippen LogP contribution in [0.2, 0.25) is 5.02 Å². The van der Waals surface area contributed by atoms with E-state index in [-0.39, 0.29) is 18.6 Å². The van der Waals surface area contributed by atoms with E-state index in [9.17, 15) is 9.59 Å². The molecule has 3 rings (SSSR count). The Kier molecular flexibility index (Phi) is 8.33. The van der Waals surface area contributed by atoms with Crippen LogP contribution in [-0.4, -0.2) is 24.5 Å². The van der Waals surface area contributed by atoms with Crippen LogP contribution in [0.4, 0.5) is 0 Å². The number of nitrogens with one attached hydrogen (secondary N) is 1. The van der Waals surface area contributed by atoms with Gasteiger partial charge in [-0.3, -0.25) is 4.79 Å². The van der Waals surface area contributed by atoms with Gasteiger partial charge in [-0.1, -0.05) is 55.1 Å². The topological polar surface area (TPSA) is 64.6 Å². The Balaban J connectivity index is 1.38. The molecule has 1 amide bonds. The third-order valence-corrected chi connectivity index (χ3v) is 5.18. The van der Waals surface area contributed by atoms with E-state index in [2.05, 4.69) is 5.32 Å². The summed E-state index contributed by atoms with van der Waals surface area (Å²) in [5, 5.41) is 3.61. The lowest BCUT2D eigenvalue weighted by molar-refractivity contribution is -0.144. The number of hydrogen-bond donors (Lipinski definition) is 1. The Morgan fingerprint density at radius 2 is 1.70 bits per heavy atom. The molecule has 5 nitrogen and oxygen atoms in total. The number of esters is 1. The number of carbonyl (C=O) groups is 2. The van der Waals surface area contributed by atoms with Gasteiger partial charge in [0.15, 0.2) is 6.61 Å². The Bertz CT molecular complexity index is 856. The zero-order valence-corrected chi connectivity index (χ0v) is 17.6. The average molecular weight is 428 g/mol. The molecule has 0 saturated heterocycles. The molecule has 1 aliphatic rings. The number of ether oxygens (including phenoxy) is 2. The van der Waals surface area contributed by atoms with Crippen molar-refractivity contribution in [2.24, 2.45) is 0 Å². The first-order chi connectivity index (χ1) is 14.6. The number of amides is 1. The quantitative estimate of drug-likeness (QED) is 0.479. The van der Waals surface area contributed by atoms with E-state index >= 15 is 0 Å². The van der Waals surface area contributed by atoms with E-state index in [1.165, 1.54) is 12.5 Å². The van der Waals surface area contributed by atoms with Crippen LogP contribution in [0.3, 0.4) is 0 Å². The summed E-state index contributed by atoms with van der Waals surface area (Å²) in [4.78, 5) is 23.7. The zero-order valence-electron chi connectivity index (χ0n) is 16.8. The van der Waals surface area contributed by atoms with Crippen LogP contribution in [0, 0.1) is 0 Å². The predicted molar refractivity (Wildman–Crippen MR) is 117 cm³/mol. The van der Waals surface area contributed by atoms with E-state index in [1.807, 2.05) is 48.5 Å². The molecule has 0 spiro atoms. The molecule has 1 N–H and O–H groups in total. The first-order valence-corrected chi connectivity index (χ1v) is 10.6. The van der Waals surface area contributed by atoms with Gasteiger partial charge in [-0.25, -0.2) is 4.79 Å². The first kappa shape index (κ1) is 21.9. The molecule has 2 aromatic rings. The zero-order chi connectivity index (χ0) is 21.2. The van der Waals surface area contributed by atoms with Crippen molar-refractivity contribution in [2.45, 2.75) is 44.8 Å². The van der Waals surface area contributed by atoms with Gasteiger partial charge < -0.3 is 14.8 Å². The van der Waals surface area contributed by atoms with Gasteiger partial charge in [-0.15, -0.1) is 0 Å². The highest BCUT2D eigenvalue weighted by molar-refractivity contribution is 6.30. The van der Waals surface area contributed by atoms with Gasteiger partial charge in [0.05, 0.1) is 0 Å². The molecule has 0 unspecified atom stereocenters. The third-order valence-electron chi connectivity index (χ3n) is 4.93. The van der Waals surface area contributed by atoms with E-state index in [0.29, 0.717) is 11.6 Å². The molecule has 0 heterocycles. The van der Waals surface area contributed by atoms with Crippen molar-refractivity contribution in [2.75, 3.05) is 6.61 Å². The van der Waals surface area contributed by atoms with Gasteiger partial charge in [-0.2, -0.15) is 0 Å². The van der Waals surface area contributed by atoms with Gasteiger partial charge in [0.1, 0.15) is 12.4 Å². The second kappa shape index (κ2) is 11.4. The molecule has 30 heavy (non-hydrogen) atoms. The summed E-state index contributed by atoms with van der Waals surface area (Å²) in [5.41, 5.74) is 1.86. The van der Waals surface area contributed by atoms with Crippen LogP contribution in [0.25, 0.3) is 6.08 Å². The summed E-state index contributed by atoms with van der Waals surface area (Å²) in [7, 11) is 0. The van der Waals surface area contributed by atoms with Crippen molar-refractivity contribution in [1.82, 2.24) is 5.32 Å². The van der Waals surface area contributed by atoms with Gasteiger partial charge in [0.2, 0.25) is 0 Å². The number of benzene rings is 2. The lowest BCUT2D eigenvalue weighted by Gasteiger charge is -2.22. The average Bonchev–Trinajstić information content (AvgIpc) is 2.77. The van der Waals surface area contributed by atoms with E-state index in [4.69, 9.17) is 21.1 Å². The molecular formula is C24H26ClNO4. The molecule has 0 radical (unpaired) electrons. The summed E-state index contributed by atoms with van der Waals surface area (Å²) in [6.45, 7) is 0.193. The van der Waals surface area contributed by atoms with Crippen molar-refractivity contribution < 1.29 is 19.1 Å². The lowest BCUT2D eigenvalue weighted by atomic mass is 9.95. The van der Waals surface area contributed by atoms with Gasteiger partial charge in [-0.05, 0) is 54.3 Å². The molecule has 158 valence electrons. The number of hydrogen-bond acceptors (Lipinski definition) is 4. The van der Waals surface area contributed by atoms with Crippen molar-refractivity contribution in [3.8, 4) is 5.75 Å². The SMILES string of the molecule is O=C(COC(=O)C=Cc1ccc(OCc2ccc(Cl)cc2)cc1)NC1CCCCC1. The molecule has 2 aromatic carbocycles. The second-order valence-corrected chi connectivity index (χ2v) is 7.76. The Morgan fingerprint density at radius 3 is 2.40 bits per heavy atom. The normalized spacial score (nSPS) is 14.4. The minimum atomic E-state index is -0.545. The van der Waals surface area contributed by atoms with Crippen LogP contribution in [-0.2, 0) is 20.9 Å². The minimum Gasteiger partial charge on any atom is -0.489 e. The fraction of sp³-hybridized carbons (Fsp3) is 0.333. The molecule has 6 heteroatoms. The largest absolute Gasteiger partial charge is 0.489 e. The predicted octanol–water partition coefficient (Wildman–Crippen LogP) is 4.92. The number of halogens is 1. The van der Waals surface area contributed by atoms with Gasteiger partial charge >= 0.3 is 5.97 Å². The summed E-state index contributed by atoms with van der Waals surface area (Å²) in [5.74, 6) is -0.0632.